The molecule has 0 bridgehead atoms. The normalized spacial score (nSPS) is 24.2. The number of furan rings is 1. The smallest absolute Gasteiger partial charge is 0.463 e. The van der Waals surface area contributed by atoms with Crippen molar-refractivity contribution in [2.45, 2.75) is 43.5 Å². The number of ether oxygens (including phenoxy) is 3. The van der Waals surface area contributed by atoms with Gasteiger partial charge < -0.3 is 33.9 Å². The Morgan fingerprint density at radius 2 is 2.06 bits per heavy atom. The van der Waals surface area contributed by atoms with Crippen LogP contribution in [0.25, 0.3) is 10.6 Å². The van der Waals surface area contributed by atoms with E-state index in [4.69, 9.17) is 30.2 Å². The minimum atomic E-state index is -1.67. The molecule has 5 atom stereocenters. The van der Waals surface area contributed by atoms with Gasteiger partial charge in [-0.15, -0.1) is 17.9 Å². The van der Waals surface area contributed by atoms with E-state index in [0.29, 0.717) is 34.8 Å². The van der Waals surface area contributed by atoms with E-state index in [2.05, 4.69) is 11.6 Å². The highest BCUT2D eigenvalue weighted by atomic mass is 35.5. The van der Waals surface area contributed by atoms with E-state index in [0.717, 1.165) is 9.88 Å². The molecule has 2 aromatic heterocycles. The third-order valence-electron chi connectivity index (χ3n) is 5.38. The first-order chi connectivity index (χ1) is 16.9. The Bertz CT molecular complexity index is 1150. The second-order valence-corrected chi connectivity index (χ2v) is 9.34. The number of aromatic nitrogens is 1. The van der Waals surface area contributed by atoms with Gasteiger partial charge in [0.15, 0.2) is 0 Å². The van der Waals surface area contributed by atoms with Crippen LogP contribution >= 0.6 is 22.9 Å². The van der Waals surface area contributed by atoms with Crippen LogP contribution in [0, 0.1) is 0 Å². The first kappa shape index (κ1) is 25.4. The van der Waals surface area contributed by atoms with Gasteiger partial charge in [-0.05, 0) is 35.7 Å². The molecule has 0 amide bonds. The summed E-state index contributed by atoms with van der Waals surface area (Å²) in [7, 11) is 0. The summed E-state index contributed by atoms with van der Waals surface area (Å²) in [5.74, 6) is 0.717. The number of carbonyl (C=O) groups is 1. The summed E-state index contributed by atoms with van der Waals surface area (Å²) in [6.07, 6.45) is -2.82. The summed E-state index contributed by atoms with van der Waals surface area (Å²) >= 11 is 7.87. The fourth-order valence-corrected chi connectivity index (χ4v) is 4.66. The van der Waals surface area contributed by atoms with Crippen molar-refractivity contribution in [3.05, 3.63) is 76.6 Å². The summed E-state index contributed by atoms with van der Waals surface area (Å²) < 4.78 is 21.0. The minimum Gasteiger partial charge on any atom is -0.463 e. The molecule has 3 aromatic rings. The van der Waals surface area contributed by atoms with Crippen molar-refractivity contribution >= 4 is 29.1 Å². The summed E-state index contributed by atoms with van der Waals surface area (Å²) in [4.78, 5) is 17.2. The van der Waals surface area contributed by atoms with E-state index in [1.807, 2.05) is 6.07 Å². The lowest BCUT2D eigenvalue weighted by Gasteiger charge is -2.39. The maximum Gasteiger partial charge on any atom is 0.510 e. The Morgan fingerprint density at radius 3 is 2.80 bits per heavy atom. The summed E-state index contributed by atoms with van der Waals surface area (Å²) in [6.45, 7) is 3.57. The van der Waals surface area contributed by atoms with Gasteiger partial charge in [-0.3, -0.25) is 0 Å². The highest BCUT2D eigenvalue weighted by Crippen LogP contribution is 2.36. The Labute approximate surface area is 210 Å². The number of hydrogen-bond donors (Lipinski definition) is 3. The van der Waals surface area contributed by atoms with Crippen LogP contribution in [-0.4, -0.2) is 57.7 Å². The van der Waals surface area contributed by atoms with Gasteiger partial charge >= 0.3 is 6.16 Å². The average Bonchev–Trinajstić information content (AvgIpc) is 3.53. The summed E-state index contributed by atoms with van der Waals surface area (Å²) in [5.41, 5.74) is 1.18. The molecule has 3 N–H and O–H groups in total. The fourth-order valence-electron chi connectivity index (χ4n) is 3.57. The predicted octanol–water partition coefficient (Wildman–Crippen LogP) is 3.86. The molecule has 0 radical (unpaired) electrons. The van der Waals surface area contributed by atoms with Gasteiger partial charge in [-0.25, -0.2) is 9.78 Å². The standard InChI is InChI=1S/C24H24ClNO8S/c1-2-3-8-32-24(30)34-23-21(29)19(27)20(28)22(33-23)13-6-7-15(25)14(10-13)11-18-26-12-17(35-18)16-5-4-9-31-16/h2,4-7,9-10,12,19-23,27-29H,1,3,8,11H2/t19-,20-,21+,22+,23-/m1/s1. The van der Waals surface area contributed by atoms with Crippen LogP contribution in [0.2, 0.25) is 5.02 Å². The van der Waals surface area contributed by atoms with E-state index in [1.54, 1.807) is 42.8 Å². The lowest BCUT2D eigenvalue weighted by atomic mass is 9.92. The molecule has 3 heterocycles. The number of rotatable bonds is 8. The van der Waals surface area contributed by atoms with E-state index in [-0.39, 0.29) is 6.61 Å². The van der Waals surface area contributed by atoms with Crippen LogP contribution in [0.3, 0.4) is 0 Å². The van der Waals surface area contributed by atoms with Gasteiger partial charge in [-0.1, -0.05) is 29.8 Å². The first-order valence-electron chi connectivity index (χ1n) is 10.8. The number of nitrogens with zero attached hydrogens (tertiary/aromatic N) is 1. The predicted molar refractivity (Wildman–Crippen MR) is 127 cm³/mol. The Morgan fingerprint density at radius 1 is 1.23 bits per heavy atom. The molecule has 1 saturated heterocycles. The highest BCUT2D eigenvalue weighted by Gasteiger charge is 2.46. The van der Waals surface area contributed by atoms with Crippen LogP contribution in [0.4, 0.5) is 4.79 Å². The number of hydrogen-bond acceptors (Lipinski definition) is 10. The van der Waals surface area contributed by atoms with Gasteiger partial charge in [0.2, 0.25) is 6.29 Å². The Kier molecular flexibility index (Phi) is 8.22. The molecule has 1 fully saturated rings. The quantitative estimate of drug-likeness (QED) is 0.230. The third-order valence-corrected chi connectivity index (χ3v) is 6.76. The molecule has 0 saturated carbocycles. The number of benzene rings is 1. The highest BCUT2D eigenvalue weighted by molar-refractivity contribution is 7.15. The molecule has 11 heteroatoms. The van der Waals surface area contributed by atoms with Crippen molar-refractivity contribution in [3.63, 3.8) is 0 Å². The first-order valence-corrected chi connectivity index (χ1v) is 12.0. The van der Waals surface area contributed by atoms with Crippen molar-refractivity contribution < 1.29 is 38.7 Å². The Balaban J connectivity index is 1.50. The molecule has 9 nitrogen and oxygen atoms in total. The third kappa shape index (κ3) is 5.92. The number of carbonyl (C=O) groups excluding carboxylic acids is 1. The summed E-state index contributed by atoms with van der Waals surface area (Å²) in [5, 5.41) is 32.5. The van der Waals surface area contributed by atoms with Gasteiger partial charge in [0.1, 0.15) is 30.2 Å². The average molecular weight is 522 g/mol. The maximum atomic E-state index is 11.9. The molecule has 186 valence electrons. The van der Waals surface area contributed by atoms with Gasteiger partial charge in [-0.2, -0.15) is 0 Å². The molecule has 0 unspecified atom stereocenters. The topological polar surface area (TPSA) is 131 Å². The fraction of sp³-hybridized carbons (Fsp3) is 0.333. The second-order valence-electron chi connectivity index (χ2n) is 7.81. The maximum absolute atomic E-state index is 11.9. The lowest BCUT2D eigenvalue weighted by molar-refractivity contribution is -0.286. The lowest BCUT2D eigenvalue weighted by Crippen LogP contribution is -2.55. The number of halogens is 1. The van der Waals surface area contributed by atoms with Crippen LogP contribution in [0.1, 0.15) is 28.7 Å². The molecule has 1 aliphatic heterocycles. The van der Waals surface area contributed by atoms with Crippen molar-refractivity contribution in [2.75, 3.05) is 6.61 Å². The summed E-state index contributed by atoms with van der Waals surface area (Å²) in [6, 6.07) is 8.63. The van der Waals surface area contributed by atoms with E-state index < -0.39 is 36.9 Å². The van der Waals surface area contributed by atoms with E-state index in [1.165, 1.54) is 11.3 Å². The SMILES string of the molecule is C=CCCOC(=O)O[C@H]1O[C@@H](c2ccc(Cl)c(Cc3ncc(-c4ccco4)s3)c2)[C@H](O)[C@@H](O)[C@@H]1O. The molecular formula is C24H24ClNO8S. The van der Waals surface area contributed by atoms with Gasteiger partial charge in [0.25, 0.3) is 0 Å². The Hall–Kier alpha value is -2.73. The largest absolute Gasteiger partial charge is 0.510 e. The number of aliphatic hydroxyl groups is 3. The molecular weight excluding hydrogens is 498 g/mol. The van der Waals surface area contributed by atoms with Crippen LogP contribution in [0.15, 0.2) is 59.9 Å². The zero-order chi connectivity index (χ0) is 24.9. The van der Waals surface area contributed by atoms with Crippen molar-refractivity contribution in [1.29, 1.82) is 0 Å². The number of thiazole rings is 1. The zero-order valence-electron chi connectivity index (χ0n) is 18.5. The van der Waals surface area contributed by atoms with E-state index >= 15 is 0 Å². The zero-order valence-corrected chi connectivity index (χ0v) is 20.0. The monoisotopic (exact) mass is 521 g/mol. The van der Waals surface area contributed by atoms with E-state index in [9.17, 15) is 20.1 Å². The van der Waals surface area contributed by atoms with Crippen LogP contribution in [0.5, 0.6) is 0 Å². The van der Waals surface area contributed by atoms with Gasteiger partial charge in [0.05, 0.1) is 22.8 Å². The van der Waals surface area contributed by atoms with Crippen molar-refractivity contribution in [3.8, 4) is 10.6 Å². The molecule has 0 aliphatic carbocycles. The molecule has 4 rings (SSSR count). The van der Waals surface area contributed by atoms with Crippen molar-refractivity contribution in [1.82, 2.24) is 4.98 Å². The minimum absolute atomic E-state index is 0.0404. The van der Waals surface area contributed by atoms with Gasteiger partial charge in [0, 0.05) is 17.6 Å². The molecule has 35 heavy (non-hydrogen) atoms. The van der Waals surface area contributed by atoms with Crippen LogP contribution in [-0.2, 0) is 20.6 Å². The molecule has 1 aliphatic rings. The second kappa shape index (κ2) is 11.3. The van der Waals surface area contributed by atoms with Crippen LogP contribution < -0.4 is 0 Å². The molecule has 1 aromatic carbocycles. The molecule has 0 spiro atoms. The number of aliphatic hydroxyl groups excluding tert-OH is 3. The van der Waals surface area contributed by atoms with Crippen molar-refractivity contribution in [2.24, 2.45) is 0 Å².